The molecule has 0 aliphatic heterocycles. The number of aromatic nitrogens is 6. The van der Waals surface area contributed by atoms with Gasteiger partial charge in [0.15, 0.2) is 10.8 Å². The molecule has 0 unspecified atom stereocenters. The van der Waals surface area contributed by atoms with Crippen molar-refractivity contribution in [1.82, 2.24) is 29.5 Å². The van der Waals surface area contributed by atoms with Crippen molar-refractivity contribution in [3.8, 4) is 0 Å². The van der Waals surface area contributed by atoms with E-state index in [-0.39, 0.29) is 5.56 Å². The molecule has 4 rings (SSSR count). The molecule has 0 amide bonds. The molecule has 0 radical (unpaired) electrons. The van der Waals surface area contributed by atoms with Gasteiger partial charge in [-0.1, -0.05) is 30.0 Å². The molecule has 0 bridgehead atoms. The molecule has 0 saturated heterocycles. The van der Waals surface area contributed by atoms with Crippen molar-refractivity contribution < 1.29 is 0 Å². The van der Waals surface area contributed by atoms with Crippen LogP contribution in [0.5, 0.6) is 0 Å². The van der Waals surface area contributed by atoms with Gasteiger partial charge >= 0.3 is 0 Å². The lowest BCUT2D eigenvalue weighted by Crippen LogP contribution is -2.25. The summed E-state index contributed by atoms with van der Waals surface area (Å²) in [6.45, 7) is 0.932. The Morgan fingerprint density at radius 3 is 2.50 bits per heavy atom. The van der Waals surface area contributed by atoms with E-state index in [1.54, 1.807) is 28.8 Å². The second-order valence-corrected chi connectivity index (χ2v) is 7.15. The van der Waals surface area contributed by atoms with Gasteiger partial charge in [-0.25, -0.2) is 19.3 Å². The average molecular weight is 384 g/mol. The smallest absolute Gasteiger partial charge is 0.267 e. The maximum atomic E-state index is 12.6. The first-order valence-electron chi connectivity index (χ1n) is 7.97. The minimum Gasteiger partial charge on any atom is -0.267 e. The lowest BCUT2D eigenvalue weighted by atomic mass is 10.2. The van der Waals surface area contributed by atoms with Crippen molar-refractivity contribution in [3.05, 3.63) is 47.0 Å². The molecular formula is C17H16N6OS2. The molecule has 1 aromatic carbocycles. The Morgan fingerprint density at radius 2 is 1.69 bits per heavy atom. The Kier molecular flexibility index (Phi) is 4.64. The van der Waals surface area contributed by atoms with Crippen LogP contribution in [0.4, 0.5) is 0 Å². The van der Waals surface area contributed by atoms with E-state index >= 15 is 0 Å². The Bertz CT molecular complexity index is 1150. The van der Waals surface area contributed by atoms with Gasteiger partial charge < -0.3 is 0 Å². The molecule has 26 heavy (non-hydrogen) atoms. The fourth-order valence-electron chi connectivity index (χ4n) is 2.80. The molecular weight excluding hydrogens is 368 g/mol. The van der Waals surface area contributed by atoms with Crippen LogP contribution in [0.15, 0.2) is 51.6 Å². The molecule has 3 heterocycles. The first-order chi connectivity index (χ1) is 12.7. The van der Waals surface area contributed by atoms with Crippen molar-refractivity contribution in [3.63, 3.8) is 0 Å². The minimum atomic E-state index is -0.0937. The van der Waals surface area contributed by atoms with Crippen LogP contribution < -0.4 is 5.56 Å². The van der Waals surface area contributed by atoms with E-state index in [0.717, 1.165) is 21.4 Å². The largest absolute Gasteiger partial charge is 0.274 e. The topological polar surface area (TPSA) is 78.5 Å². The first-order valence-corrected chi connectivity index (χ1v) is 10.4. The van der Waals surface area contributed by atoms with Crippen LogP contribution in [-0.2, 0) is 13.1 Å². The highest BCUT2D eigenvalue weighted by Gasteiger charge is 2.13. The summed E-state index contributed by atoms with van der Waals surface area (Å²) in [6, 6.07) is 7.47. The van der Waals surface area contributed by atoms with Crippen molar-refractivity contribution in [2.45, 2.75) is 23.3 Å². The van der Waals surface area contributed by atoms with Gasteiger partial charge in [-0.2, -0.15) is 10.2 Å². The second-order valence-electron chi connectivity index (χ2n) is 5.58. The number of rotatable bonds is 5. The van der Waals surface area contributed by atoms with Gasteiger partial charge in [0.2, 0.25) is 0 Å². The van der Waals surface area contributed by atoms with Crippen LogP contribution in [0.3, 0.4) is 0 Å². The van der Waals surface area contributed by atoms with E-state index in [1.165, 1.54) is 16.4 Å². The molecule has 0 aliphatic carbocycles. The Hall–Kier alpha value is -2.39. The molecule has 7 nitrogen and oxygen atoms in total. The third-order valence-electron chi connectivity index (χ3n) is 4.10. The van der Waals surface area contributed by atoms with Gasteiger partial charge in [-0.3, -0.25) is 4.79 Å². The molecule has 0 N–H and O–H groups in total. The number of aryl methyl sites for hydroxylation is 2. The molecule has 0 saturated carbocycles. The fraction of sp³-hybridized carbons (Fsp3) is 0.235. The summed E-state index contributed by atoms with van der Waals surface area (Å²) < 4.78 is 3.28. The number of fused-ring (bicyclic) bond motifs is 2. The Morgan fingerprint density at radius 1 is 0.923 bits per heavy atom. The minimum absolute atomic E-state index is 0.0937. The van der Waals surface area contributed by atoms with Gasteiger partial charge in [0.1, 0.15) is 5.03 Å². The van der Waals surface area contributed by atoms with Gasteiger partial charge in [0.05, 0.1) is 36.3 Å². The van der Waals surface area contributed by atoms with Crippen molar-refractivity contribution >= 4 is 45.3 Å². The molecule has 4 aromatic rings. The van der Waals surface area contributed by atoms with Crippen LogP contribution in [-0.4, -0.2) is 42.0 Å². The van der Waals surface area contributed by atoms with Crippen LogP contribution in [0.25, 0.3) is 21.8 Å². The molecule has 0 atom stereocenters. The van der Waals surface area contributed by atoms with Gasteiger partial charge in [-0.05, 0) is 18.6 Å². The third kappa shape index (κ3) is 2.97. The number of thioether (sulfide) groups is 2. The summed E-state index contributed by atoms with van der Waals surface area (Å²) in [5.41, 5.74) is 0.686. The number of hydrogen-bond acceptors (Lipinski definition) is 7. The zero-order valence-corrected chi connectivity index (χ0v) is 15.9. The summed E-state index contributed by atoms with van der Waals surface area (Å²) in [7, 11) is 0. The van der Waals surface area contributed by atoms with E-state index in [4.69, 9.17) is 0 Å². The molecule has 0 spiro atoms. The van der Waals surface area contributed by atoms with Crippen molar-refractivity contribution in [2.75, 3.05) is 12.5 Å². The molecule has 0 aliphatic rings. The fourth-order valence-corrected chi connectivity index (χ4v) is 3.76. The standard InChI is InChI=1S/C17H16N6OS2/c1-25-15-13-10-19-22(14(13)20-17(21-15)26-2)7-8-23-16(24)12-6-4-3-5-11(12)9-18-23/h3-6,9-10H,7-8H2,1-2H3. The van der Waals surface area contributed by atoms with Crippen LogP contribution in [0.1, 0.15) is 0 Å². The van der Waals surface area contributed by atoms with Crippen LogP contribution in [0, 0.1) is 0 Å². The lowest BCUT2D eigenvalue weighted by molar-refractivity contribution is 0.492. The molecule has 0 fully saturated rings. The first kappa shape index (κ1) is 17.0. The van der Waals surface area contributed by atoms with Crippen molar-refractivity contribution in [2.24, 2.45) is 0 Å². The van der Waals surface area contributed by atoms with Crippen LogP contribution in [0.2, 0.25) is 0 Å². The summed E-state index contributed by atoms with van der Waals surface area (Å²) in [6.07, 6.45) is 7.44. The third-order valence-corrected chi connectivity index (χ3v) is 5.35. The quantitative estimate of drug-likeness (QED) is 0.297. The van der Waals surface area contributed by atoms with E-state index in [0.29, 0.717) is 23.6 Å². The predicted molar refractivity (Wildman–Crippen MR) is 105 cm³/mol. The van der Waals surface area contributed by atoms with E-state index in [9.17, 15) is 4.79 Å². The lowest BCUT2D eigenvalue weighted by Gasteiger charge is -2.07. The van der Waals surface area contributed by atoms with Crippen LogP contribution >= 0.6 is 23.5 Å². The maximum Gasteiger partial charge on any atom is 0.274 e. The predicted octanol–water partition coefficient (Wildman–Crippen LogP) is 2.68. The normalized spacial score (nSPS) is 11.5. The second kappa shape index (κ2) is 7.08. The number of hydrogen-bond donors (Lipinski definition) is 0. The zero-order chi connectivity index (χ0) is 18.1. The Labute approximate surface area is 157 Å². The zero-order valence-electron chi connectivity index (χ0n) is 14.3. The summed E-state index contributed by atoms with van der Waals surface area (Å²) >= 11 is 3.07. The molecule has 132 valence electrons. The highest BCUT2D eigenvalue weighted by molar-refractivity contribution is 7.99. The SMILES string of the molecule is CSc1nc(SC)c2cnn(CCn3ncc4ccccc4c3=O)c2n1. The monoisotopic (exact) mass is 384 g/mol. The van der Waals surface area contributed by atoms with Crippen molar-refractivity contribution in [1.29, 1.82) is 0 Å². The van der Waals surface area contributed by atoms with Gasteiger partial charge in [0.25, 0.3) is 5.56 Å². The Balaban J connectivity index is 1.68. The van der Waals surface area contributed by atoms with E-state index in [1.807, 2.05) is 36.8 Å². The van der Waals surface area contributed by atoms with E-state index in [2.05, 4.69) is 20.2 Å². The highest BCUT2D eigenvalue weighted by Crippen LogP contribution is 2.25. The average Bonchev–Trinajstić information content (AvgIpc) is 3.10. The summed E-state index contributed by atoms with van der Waals surface area (Å²) in [5.74, 6) is 0. The molecule has 3 aromatic heterocycles. The van der Waals surface area contributed by atoms with Gasteiger partial charge in [-0.15, -0.1) is 11.8 Å². The summed E-state index contributed by atoms with van der Waals surface area (Å²) in [4.78, 5) is 21.7. The van der Waals surface area contributed by atoms with Gasteiger partial charge in [0, 0.05) is 5.39 Å². The molecule has 9 heteroatoms. The van der Waals surface area contributed by atoms with E-state index < -0.39 is 0 Å². The highest BCUT2D eigenvalue weighted by atomic mass is 32.2. The number of benzene rings is 1. The number of nitrogens with zero attached hydrogens (tertiary/aromatic N) is 6. The summed E-state index contributed by atoms with van der Waals surface area (Å²) in [5, 5.41) is 12.8. The maximum absolute atomic E-state index is 12.6.